The molecule has 1 saturated heterocycles. The van der Waals surface area contributed by atoms with E-state index in [4.69, 9.17) is 0 Å². The number of hydrazine groups is 1. The normalized spacial score (nSPS) is 16.9. The summed E-state index contributed by atoms with van der Waals surface area (Å²) in [6.45, 7) is 1.33. The molecule has 0 atom stereocenters. The molecule has 1 aliphatic rings. The second-order valence-electron chi connectivity index (χ2n) is 3.62. The van der Waals surface area contributed by atoms with E-state index in [9.17, 15) is 9.18 Å². The Balaban J connectivity index is 2.01. The predicted octanol–water partition coefficient (Wildman–Crippen LogP) is 1.45. The third-order valence-corrected chi connectivity index (χ3v) is 2.43. The highest BCUT2D eigenvalue weighted by Gasteiger charge is 2.17. The number of rotatable bonds is 2. The van der Waals surface area contributed by atoms with E-state index in [2.05, 4.69) is 5.43 Å². The van der Waals surface area contributed by atoms with Crippen LogP contribution in [-0.2, 0) is 11.3 Å². The Morgan fingerprint density at radius 2 is 2.07 bits per heavy atom. The highest BCUT2D eigenvalue weighted by Crippen LogP contribution is 2.09. The van der Waals surface area contributed by atoms with Gasteiger partial charge in [0, 0.05) is 13.0 Å². The lowest BCUT2D eigenvalue weighted by Crippen LogP contribution is -2.46. The van der Waals surface area contributed by atoms with Crippen LogP contribution in [0.25, 0.3) is 0 Å². The van der Waals surface area contributed by atoms with Gasteiger partial charge in [0.1, 0.15) is 5.82 Å². The Hall–Kier alpha value is -1.42. The van der Waals surface area contributed by atoms with E-state index in [1.165, 1.54) is 12.1 Å². The first-order valence-electron chi connectivity index (χ1n) is 5.04. The third kappa shape index (κ3) is 2.53. The van der Waals surface area contributed by atoms with Crippen molar-refractivity contribution in [1.82, 2.24) is 10.4 Å². The van der Waals surface area contributed by atoms with Crippen molar-refractivity contribution in [2.24, 2.45) is 0 Å². The average Bonchev–Trinajstić information content (AvgIpc) is 2.25. The summed E-state index contributed by atoms with van der Waals surface area (Å²) in [4.78, 5) is 11.5. The fourth-order valence-electron chi connectivity index (χ4n) is 1.59. The molecule has 80 valence electrons. The quantitative estimate of drug-likeness (QED) is 0.797. The minimum Gasteiger partial charge on any atom is -0.274 e. The van der Waals surface area contributed by atoms with E-state index in [0.29, 0.717) is 13.0 Å². The minimum atomic E-state index is -0.253. The molecule has 0 unspecified atom stereocenters. The lowest BCUT2D eigenvalue weighted by atomic mass is 10.2. The number of nitrogens with zero attached hydrogens (tertiary/aromatic N) is 1. The summed E-state index contributed by atoms with van der Waals surface area (Å²) in [6, 6.07) is 6.20. The average molecular weight is 208 g/mol. The highest BCUT2D eigenvalue weighted by molar-refractivity contribution is 5.76. The van der Waals surface area contributed by atoms with E-state index in [1.807, 2.05) is 0 Å². The molecular weight excluding hydrogens is 195 g/mol. The Kier molecular flexibility index (Phi) is 2.97. The van der Waals surface area contributed by atoms with E-state index in [0.717, 1.165) is 18.5 Å². The van der Waals surface area contributed by atoms with Gasteiger partial charge in [0.25, 0.3) is 0 Å². The second kappa shape index (κ2) is 4.40. The maximum absolute atomic E-state index is 12.6. The lowest BCUT2D eigenvalue weighted by molar-refractivity contribution is -0.137. The minimum absolute atomic E-state index is 0.102. The summed E-state index contributed by atoms with van der Waals surface area (Å²) in [5.74, 6) is -0.151. The molecule has 4 heteroatoms. The smallest absolute Gasteiger partial charge is 0.237 e. The summed E-state index contributed by atoms with van der Waals surface area (Å²) in [7, 11) is 0. The summed E-state index contributed by atoms with van der Waals surface area (Å²) >= 11 is 0. The highest BCUT2D eigenvalue weighted by atomic mass is 19.1. The lowest BCUT2D eigenvalue weighted by Gasteiger charge is -2.27. The molecule has 1 aromatic carbocycles. The van der Waals surface area contributed by atoms with Gasteiger partial charge in [-0.25, -0.2) is 9.82 Å². The topological polar surface area (TPSA) is 32.3 Å². The van der Waals surface area contributed by atoms with E-state index in [-0.39, 0.29) is 11.7 Å². The van der Waals surface area contributed by atoms with Crippen LogP contribution in [0.3, 0.4) is 0 Å². The van der Waals surface area contributed by atoms with E-state index in [1.54, 1.807) is 17.1 Å². The van der Waals surface area contributed by atoms with Gasteiger partial charge in [0.05, 0.1) is 6.54 Å². The van der Waals surface area contributed by atoms with Crippen LogP contribution in [-0.4, -0.2) is 17.5 Å². The molecule has 0 spiro atoms. The van der Waals surface area contributed by atoms with Gasteiger partial charge >= 0.3 is 0 Å². The van der Waals surface area contributed by atoms with Crippen LogP contribution >= 0.6 is 0 Å². The van der Waals surface area contributed by atoms with E-state index >= 15 is 0 Å². The zero-order valence-corrected chi connectivity index (χ0v) is 8.37. The number of benzene rings is 1. The number of halogens is 1. The van der Waals surface area contributed by atoms with Crippen molar-refractivity contribution in [3.05, 3.63) is 35.6 Å². The molecule has 1 heterocycles. The van der Waals surface area contributed by atoms with Crippen molar-refractivity contribution in [3.63, 3.8) is 0 Å². The molecule has 0 radical (unpaired) electrons. The van der Waals surface area contributed by atoms with Gasteiger partial charge in [-0.1, -0.05) is 12.1 Å². The molecule has 1 aliphatic heterocycles. The second-order valence-corrected chi connectivity index (χ2v) is 3.62. The first kappa shape index (κ1) is 10.1. The van der Waals surface area contributed by atoms with Crippen LogP contribution < -0.4 is 5.43 Å². The largest absolute Gasteiger partial charge is 0.274 e. The molecule has 0 aliphatic carbocycles. The van der Waals surface area contributed by atoms with Crippen molar-refractivity contribution in [2.75, 3.05) is 6.54 Å². The molecule has 1 amide bonds. The molecule has 0 saturated carbocycles. The molecule has 1 aromatic rings. The first-order chi connectivity index (χ1) is 7.25. The molecule has 15 heavy (non-hydrogen) atoms. The van der Waals surface area contributed by atoms with Crippen LogP contribution in [0.1, 0.15) is 18.4 Å². The number of amides is 1. The molecule has 3 nitrogen and oxygen atoms in total. The Bertz CT molecular complexity index is 350. The van der Waals surface area contributed by atoms with Gasteiger partial charge in [-0.05, 0) is 24.1 Å². The van der Waals surface area contributed by atoms with Crippen LogP contribution in [0.2, 0.25) is 0 Å². The van der Waals surface area contributed by atoms with Crippen molar-refractivity contribution in [1.29, 1.82) is 0 Å². The number of carbonyl (C=O) groups excluding carboxylic acids is 1. The predicted molar refractivity (Wildman–Crippen MR) is 54.2 cm³/mol. The molecule has 1 fully saturated rings. The maximum Gasteiger partial charge on any atom is 0.237 e. The summed E-state index contributed by atoms with van der Waals surface area (Å²) in [6.07, 6.45) is 1.48. The summed E-state index contributed by atoms with van der Waals surface area (Å²) in [5.41, 5.74) is 3.95. The van der Waals surface area contributed by atoms with Gasteiger partial charge in [0.2, 0.25) is 5.91 Å². The number of nitrogens with one attached hydrogen (secondary N) is 1. The van der Waals surface area contributed by atoms with E-state index < -0.39 is 0 Å². The van der Waals surface area contributed by atoms with Crippen molar-refractivity contribution < 1.29 is 9.18 Å². The number of carbonyl (C=O) groups is 1. The molecule has 0 bridgehead atoms. The fourth-order valence-corrected chi connectivity index (χ4v) is 1.59. The fraction of sp³-hybridized carbons (Fsp3) is 0.364. The Morgan fingerprint density at radius 3 is 2.73 bits per heavy atom. The number of hydrogen-bond donors (Lipinski definition) is 1. The summed E-state index contributed by atoms with van der Waals surface area (Å²) < 4.78 is 12.6. The van der Waals surface area contributed by atoms with Gasteiger partial charge in [0.15, 0.2) is 0 Å². The zero-order chi connectivity index (χ0) is 10.7. The van der Waals surface area contributed by atoms with Crippen molar-refractivity contribution >= 4 is 5.91 Å². The molecule has 2 rings (SSSR count). The Morgan fingerprint density at radius 1 is 1.33 bits per heavy atom. The molecule has 1 N–H and O–H groups in total. The Labute approximate surface area is 87.9 Å². The molecule has 0 aromatic heterocycles. The number of hydrogen-bond acceptors (Lipinski definition) is 2. The SMILES string of the molecule is O=C1CCCNN1Cc1ccc(F)cc1. The van der Waals surface area contributed by atoms with Gasteiger partial charge in [-0.2, -0.15) is 0 Å². The van der Waals surface area contributed by atoms with Crippen LogP contribution in [0.5, 0.6) is 0 Å². The van der Waals surface area contributed by atoms with Gasteiger partial charge in [-0.15, -0.1) is 0 Å². The van der Waals surface area contributed by atoms with Gasteiger partial charge in [-0.3, -0.25) is 9.80 Å². The zero-order valence-electron chi connectivity index (χ0n) is 8.37. The molecular formula is C11H13FN2O. The van der Waals surface area contributed by atoms with Gasteiger partial charge < -0.3 is 0 Å². The standard InChI is InChI=1S/C11H13FN2O/c12-10-5-3-9(4-6-10)8-14-11(15)2-1-7-13-14/h3-6,13H,1-2,7-8H2. The van der Waals surface area contributed by atoms with Crippen molar-refractivity contribution in [3.8, 4) is 0 Å². The van der Waals surface area contributed by atoms with Crippen LogP contribution in [0, 0.1) is 5.82 Å². The summed E-state index contributed by atoms with van der Waals surface area (Å²) in [5, 5.41) is 1.59. The monoisotopic (exact) mass is 208 g/mol. The first-order valence-corrected chi connectivity index (χ1v) is 5.04. The third-order valence-electron chi connectivity index (χ3n) is 2.43. The van der Waals surface area contributed by atoms with Crippen molar-refractivity contribution in [2.45, 2.75) is 19.4 Å². The van der Waals surface area contributed by atoms with Crippen LogP contribution in [0.15, 0.2) is 24.3 Å². The maximum atomic E-state index is 12.6. The van der Waals surface area contributed by atoms with Crippen LogP contribution in [0.4, 0.5) is 4.39 Å².